The summed E-state index contributed by atoms with van der Waals surface area (Å²) in [5.41, 5.74) is 0.805. The van der Waals surface area contributed by atoms with Gasteiger partial charge >= 0.3 is 5.97 Å². The number of esters is 1. The predicted molar refractivity (Wildman–Crippen MR) is 87.7 cm³/mol. The second kappa shape index (κ2) is 7.34. The number of rotatable bonds is 7. The molecule has 0 saturated carbocycles. The van der Waals surface area contributed by atoms with Crippen molar-refractivity contribution in [2.24, 2.45) is 0 Å². The van der Waals surface area contributed by atoms with E-state index in [0.29, 0.717) is 12.4 Å². The molecule has 4 nitrogen and oxygen atoms in total. The lowest BCUT2D eigenvalue weighted by Gasteiger charge is -2.27. The molecule has 4 heteroatoms. The standard InChI is InChI=1S/C18H26O4/c1-8-12(3)14-11-15(20-7)13(4)10-16(14)22-18(5,6)17(19)21-9-2/h8,10-12H,1,9H2,2-7H3. The molecule has 0 aromatic heterocycles. The number of aryl methyl sites for hydroxylation is 1. The van der Waals surface area contributed by atoms with Gasteiger partial charge in [-0.1, -0.05) is 13.0 Å². The van der Waals surface area contributed by atoms with E-state index in [1.54, 1.807) is 27.9 Å². The van der Waals surface area contributed by atoms with Crippen molar-refractivity contribution in [1.29, 1.82) is 0 Å². The lowest BCUT2D eigenvalue weighted by molar-refractivity contribution is -0.158. The van der Waals surface area contributed by atoms with Gasteiger partial charge in [-0.2, -0.15) is 0 Å². The van der Waals surface area contributed by atoms with Crippen LogP contribution in [0, 0.1) is 6.92 Å². The van der Waals surface area contributed by atoms with Gasteiger partial charge < -0.3 is 14.2 Å². The Hall–Kier alpha value is -1.97. The Morgan fingerprint density at radius 3 is 2.50 bits per heavy atom. The summed E-state index contributed by atoms with van der Waals surface area (Å²) in [5, 5.41) is 0. The van der Waals surface area contributed by atoms with Crippen molar-refractivity contribution in [3.05, 3.63) is 35.9 Å². The maximum Gasteiger partial charge on any atom is 0.349 e. The third-order valence-corrected chi connectivity index (χ3v) is 3.50. The van der Waals surface area contributed by atoms with Crippen LogP contribution in [0.3, 0.4) is 0 Å². The van der Waals surface area contributed by atoms with Crippen LogP contribution in [0.4, 0.5) is 0 Å². The number of benzene rings is 1. The molecule has 0 heterocycles. The molecule has 0 aliphatic heterocycles. The molecule has 1 atom stereocenters. The molecule has 0 amide bonds. The molecule has 1 rings (SSSR count). The Kier molecular flexibility index (Phi) is 6.03. The highest BCUT2D eigenvalue weighted by atomic mass is 16.6. The van der Waals surface area contributed by atoms with Gasteiger partial charge in [0.1, 0.15) is 11.5 Å². The van der Waals surface area contributed by atoms with Crippen LogP contribution in [0.25, 0.3) is 0 Å². The van der Waals surface area contributed by atoms with E-state index in [1.165, 1.54) is 0 Å². The van der Waals surface area contributed by atoms with Crippen LogP contribution in [0.15, 0.2) is 24.8 Å². The van der Waals surface area contributed by atoms with E-state index in [1.807, 2.05) is 32.1 Å². The van der Waals surface area contributed by atoms with Gasteiger partial charge in [-0.3, -0.25) is 0 Å². The van der Waals surface area contributed by atoms with Crippen LogP contribution in [0.2, 0.25) is 0 Å². The van der Waals surface area contributed by atoms with Gasteiger partial charge in [0, 0.05) is 11.5 Å². The summed E-state index contributed by atoms with van der Waals surface area (Å²) in [6.45, 7) is 13.3. The maximum absolute atomic E-state index is 12.0. The van der Waals surface area contributed by atoms with E-state index < -0.39 is 5.60 Å². The lowest BCUT2D eigenvalue weighted by atomic mass is 9.97. The molecule has 1 unspecified atom stereocenters. The fraction of sp³-hybridized carbons (Fsp3) is 0.500. The Morgan fingerprint density at radius 2 is 2.00 bits per heavy atom. The molecule has 1 aromatic rings. The first-order valence-electron chi connectivity index (χ1n) is 7.44. The van der Waals surface area contributed by atoms with E-state index in [9.17, 15) is 4.79 Å². The van der Waals surface area contributed by atoms with Gasteiger partial charge in [-0.25, -0.2) is 4.79 Å². The third kappa shape index (κ3) is 4.03. The first-order chi connectivity index (χ1) is 10.3. The average Bonchev–Trinajstić information content (AvgIpc) is 2.46. The van der Waals surface area contributed by atoms with E-state index >= 15 is 0 Å². The van der Waals surface area contributed by atoms with E-state index in [0.717, 1.165) is 16.9 Å². The minimum atomic E-state index is -1.06. The van der Waals surface area contributed by atoms with Crippen molar-refractivity contribution in [1.82, 2.24) is 0 Å². The van der Waals surface area contributed by atoms with Gasteiger partial charge in [-0.15, -0.1) is 6.58 Å². The molecule has 0 spiro atoms. The molecule has 1 aromatic carbocycles. The fourth-order valence-electron chi connectivity index (χ4n) is 2.09. The van der Waals surface area contributed by atoms with Crippen molar-refractivity contribution in [3.63, 3.8) is 0 Å². The molecule has 0 saturated heterocycles. The molecular formula is C18H26O4. The summed E-state index contributed by atoms with van der Waals surface area (Å²) in [6, 6.07) is 3.81. The number of carbonyl (C=O) groups excluding carboxylic acids is 1. The lowest BCUT2D eigenvalue weighted by Crippen LogP contribution is -2.40. The first kappa shape index (κ1) is 18.1. The second-order valence-electron chi connectivity index (χ2n) is 5.72. The van der Waals surface area contributed by atoms with Crippen LogP contribution in [-0.2, 0) is 9.53 Å². The smallest absolute Gasteiger partial charge is 0.349 e. The topological polar surface area (TPSA) is 44.8 Å². The Bertz CT molecular complexity index is 546. The summed E-state index contributed by atoms with van der Waals surface area (Å²) >= 11 is 0. The second-order valence-corrected chi connectivity index (χ2v) is 5.72. The van der Waals surface area contributed by atoms with Crippen LogP contribution < -0.4 is 9.47 Å². The maximum atomic E-state index is 12.0. The highest BCUT2D eigenvalue weighted by Crippen LogP contribution is 2.35. The van der Waals surface area contributed by atoms with Crippen molar-refractivity contribution in [3.8, 4) is 11.5 Å². The largest absolute Gasteiger partial charge is 0.496 e. The number of carbonyl (C=O) groups is 1. The molecule has 0 bridgehead atoms. The van der Waals surface area contributed by atoms with Crippen LogP contribution in [0.5, 0.6) is 11.5 Å². The SMILES string of the molecule is C=CC(C)c1cc(OC)c(C)cc1OC(C)(C)C(=O)OCC. The summed E-state index contributed by atoms with van der Waals surface area (Å²) in [4.78, 5) is 12.0. The van der Waals surface area contributed by atoms with Crippen molar-refractivity contribution < 1.29 is 19.0 Å². The zero-order valence-electron chi connectivity index (χ0n) is 14.4. The first-order valence-corrected chi connectivity index (χ1v) is 7.44. The molecule has 0 aliphatic carbocycles. The van der Waals surface area contributed by atoms with Gasteiger partial charge in [-0.05, 0) is 45.4 Å². The Morgan fingerprint density at radius 1 is 1.36 bits per heavy atom. The summed E-state index contributed by atoms with van der Waals surface area (Å²) in [6.07, 6.45) is 1.83. The van der Waals surface area contributed by atoms with Crippen molar-refractivity contribution in [2.45, 2.75) is 46.1 Å². The predicted octanol–water partition coefficient (Wildman–Crippen LogP) is 4.01. The number of methoxy groups -OCH3 is 1. The summed E-state index contributed by atoms with van der Waals surface area (Å²) in [7, 11) is 1.63. The average molecular weight is 306 g/mol. The van der Waals surface area contributed by atoms with Crippen molar-refractivity contribution in [2.75, 3.05) is 13.7 Å². The number of hydrogen-bond acceptors (Lipinski definition) is 4. The molecule has 0 aliphatic rings. The fourth-order valence-corrected chi connectivity index (χ4v) is 2.09. The molecule has 122 valence electrons. The monoisotopic (exact) mass is 306 g/mol. The molecule has 0 radical (unpaired) electrons. The van der Waals surface area contributed by atoms with Crippen LogP contribution in [-0.4, -0.2) is 25.3 Å². The molecular weight excluding hydrogens is 280 g/mol. The summed E-state index contributed by atoms with van der Waals surface area (Å²) in [5.74, 6) is 1.11. The Labute approximate surface area is 133 Å². The van der Waals surface area contributed by atoms with Crippen molar-refractivity contribution >= 4 is 5.97 Å². The third-order valence-electron chi connectivity index (χ3n) is 3.50. The van der Waals surface area contributed by atoms with E-state index in [2.05, 4.69) is 6.58 Å². The number of ether oxygens (including phenoxy) is 3. The highest BCUT2D eigenvalue weighted by molar-refractivity contribution is 5.79. The zero-order chi connectivity index (χ0) is 16.9. The molecule has 0 N–H and O–H groups in total. The quantitative estimate of drug-likeness (QED) is 0.564. The van der Waals surface area contributed by atoms with E-state index in [4.69, 9.17) is 14.2 Å². The number of allylic oxidation sites excluding steroid dienone is 1. The van der Waals surface area contributed by atoms with Crippen LogP contribution >= 0.6 is 0 Å². The van der Waals surface area contributed by atoms with E-state index in [-0.39, 0.29) is 11.9 Å². The minimum absolute atomic E-state index is 0.0718. The number of hydrogen-bond donors (Lipinski definition) is 0. The highest BCUT2D eigenvalue weighted by Gasteiger charge is 2.32. The summed E-state index contributed by atoms with van der Waals surface area (Å²) < 4.78 is 16.4. The Balaban J connectivity index is 3.25. The molecule has 22 heavy (non-hydrogen) atoms. The molecule has 0 fully saturated rings. The van der Waals surface area contributed by atoms with Crippen LogP contribution in [0.1, 0.15) is 44.7 Å². The van der Waals surface area contributed by atoms with Gasteiger partial charge in [0.25, 0.3) is 0 Å². The van der Waals surface area contributed by atoms with Gasteiger partial charge in [0.2, 0.25) is 0 Å². The minimum Gasteiger partial charge on any atom is -0.496 e. The van der Waals surface area contributed by atoms with Gasteiger partial charge in [0.15, 0.2) is 5.60 Å². The zero-order valence-corrected chi connectivity index (χ0v) is 14.4. The van der Waals surface area contributed by atoms with Gasteiger partial charge in [0.05, 0.1) is 13.7 Å². The normalized spacial score (nSPS) is 12.5.